The Morgan fingerprint density at radius 2 is 1.15 bits per heavy atom. The van der Waals surface area contributed by atoms with Gasteiger partial charge in [0.05, 0.1) is 31.3 Å². The molecule has 0 amide bonds. The first-order valence-electron chi connectivity index (χ1n) is 11.2. The smallest absolute Gasteiger partial charge is 0.145 e. The van der Waals surface area contributed by atoms with E-state index in [9.17, 15) is 0 Å². The summed E-state index contributed by atoms with van der Waals surface area (Å²) in [5.74, 6) is 1.55. The van der Waals surface area contributed by atoms with Gasteiger partial charge in [0.15, 0.2) is 0 Å². The van der Waals surface area contributed by atoms with Gasteiger partial charge in [-0.3, -0.25) is 9.88 Å². The molecule has 5 rings (SSSR count). The fourth-order valence-corrected chi connectivity index (χ4v) is 4.17. The molecule has 6 nitrogen and oxygen atoms in total. The lowest BCUT2D eigenvalue weighted by atomic mass is 10.1. The molecule has 0 saturated carbocycles. The number of fused-ring (bicyclic) bond motifs is 2. The first kappa shape index (κ1) is 21.8. The predicted octanol–water partition coefficient (Wildman–Crippen LogP) is 5.40. The van der Waals surface area contributed by atoms with E-state index in [1.807, 2.05) is 60.8 Å². The van der Waals surface area contributed by atoms with E-state index in [-0.39, 0.29) is 0 Å². The average Bonchev–Trinajstić information content (AvgIpc) is 2.88. The summed E-state index contributed by atoms with van der Waals surface area (Å²) in [7, 11) is 3.35. The number of benzene rings is 2. The second-order valence-corrected chi connectivity index (χ2v) is 8.14. The minimum atomic E-state index is 0.649. The van der Waals surface area contributed by atoms with Crippen LogP contribution >= 0.6 is 0 Å². The van der Waals surface area contributed by atoms with E-state index < -0.39 is 0 Å². The van der Waals surface area contributed by atoms with Crippen LogP contribution in [-0.4, -0.2) is 34.1 Å². The summed E-state index contributed by atoms with van der Waals surface area (Å²) < 4.78 is 11.1. The molecule has 0 fully saturated rings. The molecule has 3 heterocycles. The summed E-state index contributed by atoms with van der Waals surface area (Å²) in [5.41, 5.74) is 4.67. The van der Waals surface area contributed by atoms with Crippen LogP contribution in [0.1, 0.15) is 17.1 Å². The molecule has 0 atom stereocenters. The van der Waals surface area contributed by atoms with Crippen molar-refractivity contribution in [2.24, 2.45) is 0 Å². The van der Waals surface area contributed by atoms with Gasteiger partial charge < -0.3 is 9.47 Å². The number of nitrogens with zero attached hydrogens (tertiary/aromatic N) is 4. The predicted molar refractivity (Wildman–Crippen MR) is 134 cm³/mol. The summed E-state index contributed by atoms with van der Waals surface area (Å²) >= 11 is 0. The van der Waals surface area contributed by atoms with Crippen LogP contribution in [0, 0.1) is 0 Å². The van der Waals surface area contributed by atoms with Gasteiger partial charge >= 0.3 is 0 Å². The molecule has 6 heteroatoms. The van der Waals surface area contributed by atoms with Crippen LogP contribution in [0.25, 0.3) is 21.8 Å². The Morgan fingerprint density at radius 3 is 1.65 bits per heavy atom. The number of hydrogen-bond donors (Lipinski definition) is 0. The summed E-state index contributed by atoms with van der Waals surface area (Å²) in [6.45, 7) is 1.98. The van der Waals surface area contributed by atoms with Crippen LogP contribution < -0.4 is 9.47 Å². The molecule has 0 bridgehead atoms. The summed E-state index contributed by atoms with van der Waals surface area (Å²) in [6, 6.07) is 26.3. The molecule has 0 aliphatic rings. The van der Waals surface area contributed by atoms with Gasteiger partial charge in [-0.25, -0.2) is 9.97 Å². The largest absolute Gasteiger partial charge is 0.494 e. The Morgan fingerprint density at radius 1 is 0.588 bits per heavy atom. The third-order valence-corrected chi connectivity index (χ3v) is 5.80. The molecule has 3 aromatic heterocycles. The molecule has 2 aromatic carbocycles. The van der Waals surface area contributed by atoms with Crippen LogP contribution in [0.2, 0.25) is 0 Å². The minimum Gasteiger partial charge on any atom is -0.494 e. The zero-order valence-electron chi connectivity index (χ0n) is 19.3. The lowest BCUT2D eigenvalue weighted by Gasteiger charge is -2.22. The summed E-state index contributed by atoms with van der Waals surface area (Å²) in [4.78, 5) is 16.7. The number of hydrogen-bond acceptors (Lipinski definition) is 6. The maximum Gasteiger partial charge on any atom is 0.145 e. The van der Waals surface area contributed by atoms with Crippen LogP contribution in [0.3, 0.4) is 0 Å². The molecular weight excluding hydrogens is 424 g/mol. The highest BCUT2D eigenvalue weighted by Gasteiger charge is 2.13. The Labute approximate surface area is 198 Å². The number of ether oxygens (including phenoxy) is 2. The zero-order valence-corrected chi connectivity index (χ0v) is 19.3. The minimum absolute atomic E-state index is 0.649. The highest BCUT2D eigenvalue weighted by atomic mass is 16.5. The number of pyridine rings is 3. The van der Waals surface area contributed by atoms with Gasteiger partial charge in [-0.15, -0.1) is 0 Å². The fourth-order valence-electron chi connectivity index (χ4n) is 4.17. The van der Waals surface area contributed by atoms with Gasteiger partial charge in [-0.2, -0.15) is 0 Å². The number of aromatic nitrogens is 3. The standard InChI is InChI=1S/C28H26N4O2/c1-33-25-10-5-7-20-12-14-23(30-27(20)25)18-32(17-22-9-3-4-16-29-22)19-24-15-13-21-8-6-11-26(34-2)28(21)31-24/h3-16H,17-19H2,1-2H3. The van der Waals surface area contributed by atoms with Gasteiger partial charge in [-0.1, -0.05) is 42.5 Å². The zero-order chi connectivity index (χ0) is 23.3. The van der Waals surface area contributed by atoms with Crippen LogP contribution in [-0.2, 0) is 19.6 Å². The highest BCUT2D eigenvalue weighted by Crippen LogP contribution is 2.26. The molecule has 0 N–H and O–H groups in total. The maximum atomic E-state index is 5.53. The fraction of sp³-hybridized carbons (Fsp3) is 0.179. The molecule has 0 aliphatic heterocycles. The molecule has 0 unspecified atom stereocenters. The van der Waals surface area contributed by atoms with Crippen molar-refractivity contribution in [3.63, 3.8) is 0 Å². The van der Waals surface area contributed by atoms with E-state index in [1.54, 1.807) is 14.2 Å². The first-order chi connectivity index (χ1) is 16.7. The second kappa shape index (κ2) is 9.85. The van der Waals surface area contributed by atoms with E-state index >= 15 is 0 Å². The highest BCUT2D eigenvalue weighted by molar-refractivity contribution is 5.85. The molecule has 0 saturated heterocycles. The van der Waals surface area contributed by atoms with Crippen LogP contribution in [0.4, 0.5) is 0 Å². The third-order valence-electron chi connectivity index (χ3n) is 5.80. The van der Waals surface area contributed by atoms with Gasteiger partial charge in [0.25, 0.3) is 0 Å². The van der Waals surface area contributed by atoms with Crippen molar-refractivity contribution in [3.8, 4) is 11.5 Å². The van der Waals surface area contributed by atoms with Crippen LogP contribution in [0.15, 0.2) is 85.1 Å². The summed E-state index contributed by atoms with van der Waals surface area (Å²) in [6.07, 6.45) is 1.83. The van der Waals surface area contributed by atoms with Gasteiger partial charge in [0.1, 0.15) is 22.5 Å². The molecule has 0 spiro atoms. The van der Waals surface area contributed by atoms with Crippen molar-refractivity contribution in [1.29, 1.82) is 0 Å². The number of methoxy groups -OCH3 is 2. The molecule has 170 valence electrons. The van der Waals surface area contributed by atoms with Crippen molar-refractivity contribution in [2.75, 3.05) is 14.2 Å². The Balaban J connectivity index is 1.47. The first-order valence-corrected chi connectivity index (χ1v) is 11.2. The van der Waals surface area contributed by atoms with Gasteiger partial charge in [0.2, 0.25) is 0 Å². The normalized spacial score (nSPS) is 11.3. The molecule has 0 aliphatic carbocycles. The van der Waals surface area contributed by atoms with Gasteiger partial charge in [0, 0.05) is 36.6 Å². The quantitative estimate of drug-likeness (QED) is 0.316. The maximum absolute atomic E-state index is 5.53. The average molecular weight is 451 g/mol. The van der Waals surface area contributed by atoms with Gasteiger partial charge in [-0.05, 0) is 36.4 Å². The Bertz CT molecular complexity index is 1330. The lowest BCUT2D eigenvalue weighted by Crippen LogP contribution is -2.24. The lowest BCUT2D eigenvalue weighted by molar-refractivity contribution is 0.239. The topological polar surface area (TPSA) is 60.4 Å². The molecule has 34 heavy (non-hydrogen) atoms. The van der Waals surface area contributed by atoms with Crippen molar-refractivity contribution in [1.82, 2.24) is 19.9 Å². The molecule has 0 radical (unpaired) electrons. The number of para-hydroxylation sites is 2. The Hall–Kier alpha value is -4.03. The molecular formula is C28H26N4O2. The van der Waals surface area contributed by atoms with E-state index in [1.165, 1.54) is 0 Å². The van der Waals surface area contributed by atoms with E-state index in [0.29, 0.717) is 19.6 Å². The Kier molecular flexibility index (Phi) is 6.31. The van der Waals surface area contributed by atoms with Crippen molar-refractivity contribution in [2.45, 2.75) is 19.6 Å². The van der Waals surface area contributed by atoms with E-state index in [2.05, 4.69) is 34.1 Å². The SMILES string of the molecule is COc1cccc2ccc(CN(Cc3ccccn3)Cc3ccc4cccc(OC)c4n3)nc12. The van der Waals surface area contributed by atoms with Crippen molar-refractivity contribution in [3.05, 3.63) is 102 Å². The second-order valence-electron chi connectivity index (χ2n) is 8.14. The van der Waals surface area contributed by atoms with Crippen LogP contribution in [0.5, 0.6) is 11.5 Å². The monoisotopic (exact) mass is 450 g/mol. The van der Waals surface area contributed by atoms with Crippen molar-refractivity contribution >= 4 is 21.8 Å². The summed E-state index contributed by atoms with van der Waals surface area (Å²) in [5, 5.41) is 2.12. The number of rotatable bonds is 8. The third kappa shape index (κ3) is 4.67. The van der Waals surface area contributed by atoms with Crippen molar-refractivity contribution < 1.29 is 9.47 Å². The van der Waals surface area contributed by atoms with E-state index in [4.69, 9.17) is 19.4 Å². The van der Waals surface area contributed by atoms with E-state index in [0.717, 1.165) is 50.4 Å². The molecule has 5 aromatic rings.